The zero-order chi connectivity index (χ0) is 29.2. The smallest absolute Gasteiger partial charge is 0.271 e. The largest absolute Gasteiger partial charge is 0.493 e. The van der Waals surface area contributed by atoms with Gasteiger partial charge in [-0.1, -0.05) is 12.1 Å². The summed E-state index contributed by atoms with van der Waals surface area (Å²) in [6, 6.07) is 18.4. The average Bonchev–Trinajstić information content (AvgIpc) is 3.50. The molecule has 3 aliphatic rings. The van der Waals surface area contributed by atoms with Gasteiger partial charge in [0, 0.05) is 19.3 Å². The Hall–Kier alpha value is -5.30. The van der Waals surface area contributed by atoms with Gasteiger partial charge in [-0.05, 0) is 78.1 Å². The maximum Gasteiger partial charge on any atom is 0.271 e. The monoisotopic (exact) mass is 566 g/mol. The van der Waals surface area contributed by atoms with E-state index in [-0.39, 0.29) is 24.6 Å². The molecule has 0 saturated carbocycles. The minimum absolute atomic E-state index is 0.111. The van der Waals surface area contributed by atoms with Crippen molar-refractivity contribution in [3.8, 4) is 29.1 Å². The highest BCUT2D eigenvalue weighted by Gasteiger charge is 2.34. The van der Waals surface area contributed by atoms with E-state index in [1.54, 1.807) is 30.2 Å². The molecule has 0 fully saturated rings. The number of nitrogens with one attached hydrogen (secondary N) is 2. The molecule has 3 aliphatic heterocycles. The number of aromatic nitrogens is 1. The van der Waals surface area contributed by atoms with Crippen molar-refractivity contribution in [1.29, 1.82) is 5.26 Å². The van der Waals surface area contributed by atoms with Crippen LogP contribution in [0.1, 0.15) is 55.6 Å². The number of fused-ring (bicyclic) bond motifs is 6. The lowest BCUT2D eigenvalue weighted by atomic mass is 9.87. The van der Waals surface area contributed by atoms with E-state index in [1.807, 2.05) is 24.3 Å². The Bertz CT molecular complexity index is 1730. The Kier molecular flexibility index (Phi) is 7.23. The van der Waals surface area contributed by atoms with Crippen LogP contribution in [0.5, 0.6) is 23.0 Å². The second-order valence-corrected chi connectivity index (χ2v) is 10.0. The van der Waals surface area contributed by atoms with Crippen molar-refractivity contribution in [3.05, 3.63) is 106 Å². The molecule has 0 aliphatic carbocycles. The highest BCUT2D eigenvalue weighted by Crippen LogP contribution is 2.41. The van der Waals surface area contributed by atoms with E-state index in [9.17, 15) is 19.2 Å². The van der Waals surface area contributed by atoms with Crippen LogP contribution in [0.3, 0.4) is 0 Å². The molecule has 3 aromatic carbocycles. The van der Waals surface area contributed by atoms with Gasteiger partial charge in [0.25, 0.3) is 11.8 Å². The number of aromatic amines is 1. The van der Waals surface area contributed by atoms with Crippen LogP contribution >= 0.6 is 0 Å². The number of nitriles is 1. The van der Waals surface area contributed by atoms with Gasteiger partial charge in [0.2, 0.25) is 0 Å². The predicted octanol–water partition coefficient (Wildman–Crippen LogP) is 5.13. The van der Waals surface area contributed by atoms with Crippen LogP contribution < -0.4 is 19.5 Å². The first kappa shape index (κ1) is 26.9. The van der Waals surface area contributed by atoms with Crippen LogP contribution in [0.4, 0.5) is 4.39 Å². The van der Waals surface area contributed by atoms with Crippen LogP contribution in [0.25, 0.3) is 0 Å². The van der Waals surface area contributed by atoms with Gasteiger partial charge in [-0.25, -0.2) is 4.39 Å². The number of amides is 2. The fraction of sp³-hybridized carbons (Fsp3) is 0.219. The topological polar surface area (TPSA) is 117 Å². The third-order valence-corrected chi connectivity index (χ3v) is 7.43. The summed E-state index contributed by atoms with van der Waals surface area (Å²) in [6.45, 7) is 0.934. The number of carbonyl (C=O) groups is 2. The highest BCUT2D eigenvalue weighted by atomic mass is 19.1. The van der Waals surface area contributed by atoms with Crippen LogP contribution in [0.15, 0.2) is 66.9 Å². The molecular weight excluding hydrogens is 539 g/mol. The van der Waals surface area contributed by atoms with Gasteiger partial charge in [0.05, 0.1) is 30.9 Å². The Morgan fingerprint density at radius 3 is 2.76 bits per heavy atom. The van der Waals surface area contributed by atoms with Crippen molar-refractivity contribution in [2.75, 3.05) is 26.8 Å². The molecular formula is C32H27FN4O5. The Morgan fingerprint density at radius 1 is 1.12 bits per heavy atom. The van der Waals surface area contributed by atoms with Crippen LogP contribution in [0, 0.1) is 17.1 Å². The Balaban J connectivity index is 1.46. The number of halogens is 1. The van der Waals surface area contributed by atoms with E-state index in [0.717, 1.165) is 16.7 Å². The molecule has 10 heteroatoms. The summed E-state index contributed by atoms with van der Waals surface area (Å²) in [4.78, 5) is 31.2. The fourth-order valence-corrected chi connectivity index (χ4v) is 5.39. The molecule has 0 saturated heterocycles. The summed E-state index contributed by atoms with van der Waals surface area (Å²) >= 11 is 0. The maximum atomic E-state index is 14.5. The average molecular weight is 567 g/mol. The van der Waals surface area contributed by atoms with Gasteiger partial charge in [-0.15, -0.1) is 0 Å². The number of rotatable bonds is 2. The molecule has 8 bridgehead atoms. The number of carbonyl (C=O) groups excluding carboxylic acids is 2. The molecule has 2 N–H and O–H groups in total. The van der Waals surface area contributed by atoms with Crippen molar-refractivity contribution in [2.45, 2.75) is 18.9 Å². The zero-order valence-electron chi connectivity index (χ0n) is 22.8. The van der Waals surface area contributed by atoms with Crippen molar-refractivity contribution in [3.63, 3.8) is 0 Å². The number of ether oxygens (including phenoxy) is 3. The SMILES string of the molecule is COc1ccc2cc1OCCCNC(=O)c1cc(ccc1F)Oc1ccc3c(c1)CCN(C(=O)c1cc(C#N)c[nH]1)C23. The van der Waals surface area contributed by atoms with Gasteiger partial charge in [0.15, 0.2) is 11.5 Å². The Morgan fingerprint density at radius 2 is 1.95 bits per heavy atom. The first-order valence-corrected chi connectivity index (χ1v) is 13.5. The fourth-order valence-electron chi connectivity index (χ4n) is 5.39. The molecule has 1 atom stereocenters. The van der Waals surface area contributed by atoms with E-state index < -0.39 is 17.8 Å². The lowest BCUT2D eigenvalue weighted by Gasteiger charge is -2.38. The number of benzene rings is 3. The van der Waals surface area contributed by atoms with Crippen LogP contribution in [0.2, 0.25) is 0 Å². The number of hydrogen-bond acceptors (Lipinski definition) is 6. The normalized spacial score (nSPS) is 16.3. The molecule has 212 valence electrons. The summed E-state index contributed by atoms with van der Waals surface area (Å²) in [7, 11) is 1.55. The molecule has 42 heavy (non-hydrogen) atoms. The molecule has 1 aromatic heterocycles. The minimum Gasteiger partial charge on any atom is -0.493 e. The number of nitrogens with zero attached hydrogens (tertiary/aromatic N) is 2. The summed E-state index contributed by atoms with van der Waals surface area (Å²) in [5.41, 5.74) is 3.30. The molecule has 1 unspecified atom stereocenters. The first-order valence-electron chi connectivity index (χ1n) is 13.5. The quantitative estimate of drug-likeness (QED) is 0.348. The van der Waals surface area contributed by atoms with Crippen molar-refractivity contribution >= 4 is 11.8 Å². The van der Waals surface area contributed by atoms with E-state index in [0.29, 0.717) is 53.6 Å². The molecule has 0 radical (unpaired) electrons. The second-order valence-electron chi connectivity index (χ2n) is 10.0. The minimum atomic E-state index is -0.644. The number of H-pyrrole nitrogens is 1. The van der Waals surface area contributed by atoms with E-state index in [2.05, 4.69) is 16.4 Å². The third-order valence-electron chi connectivity index (χ3n) is 7.43. The van der Waals surface area contributed by atoms with E-state index >= 15 is 0 Å². The summed E-state index contributed by atoms with van der Waals surface area (Å²) in [6.07, 6.45) is 2.53. The predicted molar refractivity (Wildman–Crippen MR) is 150 cm³/mol. The highest BCUT2D eigenvalue weighted by molar-refractivity contribution is 5.95. The summed E-state index contributed by atoms with van der Waals surface area (Å²) in [5, 5.41) is 12.0. The lowest BCUT2D eigenvalue weighted by molar-refractivity contribution is 0.0688. The zero-order valence-corrected chi connectivity index (χ0v) is 22.8. The summed E-state index contributed by atoms with van der Waals surface area (Å²) < 4.78 is 32.2. The van der Waals surface area contributed by atoms with Crippen molar-refractivity contribution in [1.82, 2.24) is 15.2 Å². The van der Waals surface area contributed by atoms with Gasteiger partial charge in [-0.2, -0.15) is 5.26 Å². The number of hydrogen-bond donors (Lipinski definition) is 2. The molecule has 7 rings (SSSR count). The van der Waals surface area contributed by atoms with Crippen molar-refractivity contribution < 1.29 is 28.2 Å². The molecule has 9 nitrogen and oxygen atoms in total. The molecule has 4 heterocycles. The van der Waals surface area contributed by atoms with Gasteiger partial charge in [0.1, 0.15) is 29.1 Å². The standard InChI is InChI=1S/C32H27FN4O5/c1-40-28-8-3-21-15-29(28)41-12-2-10-35-31(38)25-16-23(5-7-26(25)33)42-22-4-6-24-20(14-22)9-11-37(30(21)24)32(39)27-13-19(17-34)18-36-27/h3-8,13-16,18,30,36H,2,9-12H2,1H3,(H,35,38). The first-order chi connectivity index (χ1) is 20.4. The lowest BCUT2D eigenvalue weighted by Crippen LogP contribution is -2.40. The maximum absolute atomic E-state index is 14.5. The molecule has 2 amide bonds. The van der Waals surface area contributed by atoms with E-state index in [1.165, 1.54) is 24.4 Å². The van der Waals surface area contributed by atoms with Crippen LogP contribution in [-0.4, -0.2) is 48.5 Å². The van der Waals surface area contributed by atoms with Crippen LogP contribution in [-0.2, 0) is 6.42 Å². The van der Waals surface area contributed by atoms with E-state index in [4.69, 9.17) is 14.2 Å². The third kappa shape index (κ3) is 5.12. The van der Waals surface area contributed by atoms with Gasteiger partial charge < -0.3 is 29.4 Å². The molecule has 4 aromatic rings. The van der Waals surface area contributed by atoms with Gasteiger partial charge >= 0.3 is 0 Å². The number of methoxy groups -OCH3 is 1. The van der Waals surface area contributed by atoms with Gasteiger partial charge in [-0.3, -0.25) is 9.59 Å². The second kappa shape index (κ2) is 11.3. The Labute approximate surface area is 241 Å². The summed E-state index contributed by atoms with van der Waals surface area (Å²) in [5.74, 6) is 0.448. The molecule has 0 spiro atoms. The van der Waals surface area contributed by atoms with Crippen molar-refractivity contribution in [2.24, 2.45) is 0 Å².